The van der Waals surface area contributed by atoms with E-state index < -0.39 is 0 Å². The lowest BCUT2D eigenvalue weighted by molar-refractivity contribution is 0.687. The van der Waals surface area contributed by atoms with Crippen molar-refractivity contribution in [1.82, 2.24) is 20.1 Å². The Hall–Kier alpha value is -1.95. The molecule has 0 saturated carbocycles. The van der Waals surface area contributed by atoms with Crippen LogP contribution < -0.4 is 10.6 Å². The van der Waals surface area contributed by atoms with E-state index in [2.05, 4.69) is 51.9 Å². The zero-order valence-corrected chi connectivity index (χ0v) is 11.2. The average molecular weight is 261 g/mol. The van der Waals surface area contributed by atoms with Gasteiger partial charge < -0.3 is 5.32 Å². The van der Waals surface area contributed by atoms with Gasteiger partial charge in [0.15, 0.2) is 5.11 Å². The molecular formula is C12H15N5S. The Balaban J connectivity index is 2.02. The SMILES string of the molecule is CNC(=S)Nc1ncn(Cc2ccc(C)cc2)n1. The van der Waals surface area contributed by atoms with E-state index in [0.29, 0.717) is 17.6 Å². The minimum Gasteiger partial charge on any atom is -0.365 e. The third kappa shape index (κ3) is 3.27. The van der Waals surface area contributed by atoms with Crippen molar-refractivity contribution in [3.05, 3.63) is 41.7 Å². The molecule has 6 heteroatoms. The van der Waals surface area contributed by atoms with Gasteiger partial charge in [-0.3, -0.25) is 5.32 Å². The Morgan fingerprint density at radius 3 is 2.72 bits per heavy atom. The molecule has 1 heterocycles. The van der Waals surface area contributed by atoms with Crippen molar-refractivity contribution in [3.63, 3.8) is 0 Å². The fraction of sp³-hybridized carbons (Fsp3) is 0.250. The van der Waals surface area contributed by atoms with Gasteiger partial charge in [-0.1, -0.05) is 29.8 Å². The molecule has 0 aliphatic carbocycles. The lowest BCUT2D eigenvalue weighted by Gasteiger charge is -2.02. The number of anilines is 1. The van der Waals surface area contributed by atoms with Gasteiger partial charge in [0.05, 0.1) is 6.54 Å². The summed E-state index contributed by atoms with van der Waals surface area (Å²) in [6, 6.07) is 8.34. The zero-order chi connectivity index (χ0) is 13.0. The molecule has 2 aromatic rings. The number of hydrogen-bond acceptors (Lipinski definition) is 3. The standard InChI is InChI=1S/C12H15N5S/c1-9-3-5-10(6-4-9)7-17-8-14-11(16-17)15-12(18)13-2/h3-6,8H,7H2,1-2H3,(H2,13,15,16,18). The second kappa shape index (κ2) is 5.59. The lowest BCUT2D eigenvalue weighted by Crippen LogP contribution is -2.24. The van der Waals surface area contributed by atoms with Crippen LogP contribution in [0.1, 0.15) is 11.1 Å². The summed E-state index contributed by atoms with van der Waals surface area (Å²) in [6.45, 7) is 2.77. The zero-order valence-electron chi connectivity index (χ0n) is 10.3. The summed E-state index contributed by atoms with van der Waals surface area (Å²) >= 11 is 4.98. The molecule has 0 amide bonds. The molecule has 94 valence electrons. The van der Waals surface area contributed by atoms with E-state index in [9.17, 15) is 0 Å². The van der Waals surface area contributed by atoms with Crippen molar-refractivity contribution in [2.45, 2.75) is 13.5 Å². The number of rotatable bonds is 3. The van der Waals surface area contributed by atoms with Gasteiger partial charge in [0.2, 0.25) is 5.95 Å². The van der Waals surface area contributed by atoms with Gasteiger partial charge in [-0.2, -0.15) is 0 Å². The normalized spacial score (nSPS) is 10.1. The summed E-state index contributed by atoms with van der Waals surface area (Å²) in [4.78, 5) is 4.13. The maximum Gasteiger partial charge on any atom is 0.248 e. The number of thiocarbonyl (C=S) groups is 1. The summed E-state index contributed by atoms with van der Waals surface area (Å²) < 4.78 is 1.77. The van der Waals surface area contributed by atoms with Crippen LogP contribution >= 0.6 is 12.2 Å². The molecule has 5 nitrogen and oxygen atoms in total. The van der Waals surface area contributed by atoms with Crippen molar-refractivity contribution in [1.29, 1.82) is 0 Å². The molecule has 0 radical (unpaired) electrons. The maximum atomic E-state index is 4.98. The van der Waals surface area contributed by atoms with Crippen molar-refractivity contribution in [2.75, 3.05) is 12.4 Å². The average Bonchev–Trinajstić information content (AvgIpc) is 2.79. The van der Waals surface area contributed by atoms with Crippen LogP contribution in [0.2, 0.25) is 0 Å². The van der Waals surface area contributed by atoms with E-state index in [1.165, 1.54) is 11.1 Å². The monoisotopic (exact) mass is 261 g/mol. The van der Waals surface area contributed by atoms with E-state index in [4.69, 9.17) is 12.2 Å². The van der Waals surface area contributed by atoms with E-state index >= 15 is 0 Å². The molecule has 18 heavy (non-hydrogen) atoms. The largest absolute Gasteiger partial charge is 0.365 e. The Kier molecular flexibility index (Phi) is 3.88. The summed E-state index contributed by atoms with van der Waals surface area (Å²) in [5.74, 6) is 0.501. The number of benzene rings is 1. The first-order valence-corrected chi connectivity index (χ1v) is 6.02. The van der Waals surface area contributed by atoms with Crippen LogP contribution in [0.4, 0.5) is 5.95 Å². The molecule has 0 atom stereocenters. The predicted molar refractivity (Wildman–Crippen MR) is 75.6 cm³/mol. The Morgan fingerprint density at radius 2 is 2.06 bits per heavy atom. The molecule has 2 N–H and O–H groups in total. The molecule has 0 saturated heterocycles. The first kappa shape index (κ1) is 12.5. The summed E-state index contributed by atoms with van der Waals surface area (Å²) in [5, 5.41) is 10.5. The lowest BCUT2D eigenvalue weighted by atomic mass is 10.1. The van der Waals surface area contributed by atoms with Gasteiger partial charge in [0.1, 0.15) is 6.33 Å². The third-order valence-corrected chi connectivity index (χ3v) is 2.76. The summed E-state index contributed by atoms with van der Waals surface area (Å²) in [5.41, 5.74) is 2.44. The highest BCUT2D eigenvalue weighted by Gasteiger charge is 2.02. The molecule has 0 spiro atoms. The number of hydrogen-bond donors (Lipinski definition) is 2. The van der Waals surface area contributed by atoms with Gasteiger partial charge in [0, 0.05) is 7.05 Å². The number of aromatic nitrogens is 3. The molecule has 1 aromatic carbocycles. The number of nitrogens with zero attached hydrogens (tertiary/aromatic N) is 3. The van der Waals surface area contributed by atoms with Crippen LogP contribution in [0.3, 0.4) is 0 Å². The topological polar surface area (TPSA) is 54.8 Å². The van der Waals surface area contributed by atoms with Crippen molar-refractivity contribution in [2.24, 2.45) is 0 Å². The van der Waals surface area contributed by atoms with Crippen LogP contribution in [-0.4, -0.2) is 26.9 Å². The molecule has 2 rings (SSSR count). The smallest absolute Gasteiger partial charge is 0.248 e. The first-order valence-electron chi connectivity index (χ1n) is 5.61. The minimum absolute atomic E-state index is 0.501. The number of nitrogens with one attached hydrogen (secondary N) is 2. The van der Waals surface area contributed by atoms with Gasteiger partial charge >= 0.3 is 0 Å². The molecule has 0 aliphatic rings. The van der Waals surface area contributed by atoms with Crippen LogP contribution in [-0.2, 0) is 6.54 Å². The molecule has 0 aliphatic heterocycles. The molecular weight excluding hydrogens is 246 g/mol. The number of aryl methyl sites for hydroxylation is 1. The van der Waals surface area contributed by atoms with Crippen molar-refractivity contribution < 1.29 is 0 Å². The van der Waals surface area contributed by atoms with E-state index in [0.717, 1.165) is 0 Å². The molecule has 0 fully saturated rings. The predicted octanol–water partition coefficient (Wildman–Crippen LogP) is 1.55. The summed E-state index contributed by atoms with van der Waals surface area (Å²) in [7, 11) is 1.75. The summed E-state index contributed by atoms with van der Waals surface area (Å²) in [6.07, 6.45) is 1.68. The highest BCUT2D eigenvalue weighted by Crippen LogP contribution is 2.05. The molecule has 1 aromatic heterocycles. The first-order chi connectivity index (χ1) is 8.67. The van der Waals surface area contributed by atoms with Crippen LogP contribution in [0.25, 0.3) is 0 Å². The fourth-order valence-electron chi connectivity index (χ4n) is 1.47. The third-order valence-electron chi connectivity index (χ3n) is 2.45. The van der Waals surface area contributed by atoms with Gasteiger partial charge in [-0.15, -0.1) is 5.10 Å². The second-order valence-electron chi connectivity index (χ2n) is 3.96. The maximum absolute atomic E-state index is 4.98. The van der Waals surface area contributed by atoms with Gasteiger partial charge in [-0.05, 0) is 24.7 Å². The quantitative estimate of drug-likeness (QED) is 0.821. The van der Waals surface area contributed by atoms with Crippen LogP contribution in [0, 0.1) is 6.92 Å². The Labute approximate surface area is 111 Å². The Morgan fingerprint density at radius 1 is 1.33 bits per heavy atom. The fourth-order valence-corrected chi connectivity index (χ4v) is 1.56. The highest BCUT2D eigenvalue weighted by molar-refractivity contribution is 7.80. The van der Waals surface area contributed by atoms with E-state index in [1.807, 2.05) is 0 Å². The molecule has 0 bridgehead atoms. The van der Waals surface area contributed by atoms with Gasteiger partial charge in [-0.25, -0.2) is 9.67 Å². The second-order valence-corrected chi connectivity index (χ2v) is 4.36. The van der Waals surface area contributed by atoms with E-state index in [1.54, 1.807) is 18.1 Å². The van der Waals surface area contributed by atoms with Gasteiger partial charge in [0.25, 0.3) is 0 Å². The van der Waals surface area contributed by atoms with Crippen molar-refractivity contribution in [3.8, 4) is 0 Å². The van der Waals surface area contributed by atoms with Crippen LogP contribution in [0.15, 0.2) is 30.6 Å². The van der Waals surface area contributed by atoms with Crippen LogP contribution in [0.5, 0.6) is 0 Å². The Bertz CT molecular complexity index is 532. The minimum atomic E-state index is 0.501. The molecule has 0 unspecified atom stereocenters. The van der Waals surface area contributed by atoms with Crippen molar-refractivity contribution >= 4 is 23.3 Å². The highest BCUT2D eigenvalue weighted by atomic mass is 32.1. The van der Waals surface area contributed by atoms with E-state index in [-0.39, 0.29) is 0 Å².